The van der Waals surface area contributed by atoms with Crippen LogP contribution >= 0.6 is 11.6 Å². The van der Waals surface area contributed by atoms with Gasteiger partial charge < -0.3 is 4.98 Å². The van der Waals surface area contributed by atoms with Gasteiger partial charge in [-0.2, -0.15) is 0 Å². The van der Waals surface area contributed by atoms with E-state index < -0.39 is 0 Å². The lowest BCUT2D eigenvalue weighted by Gasteiger charge is -1.85. The molecule has 1 N–H and O–H groups in total. The molecule has 0 amide bonds. The Morgan fingerprint density at radius 3 is 2.62 bits per heavy atom. The topological polar surface area (TPSA) is 15.8 Å². The van der Waals surface area contributed by atoms with Crippen molar-refractivity contribution in [1.29, 1.82) is 0 Å². The van der Waals surface area contributed by atoms with Crippen molar-refractivity contribution in [2.24, 2.45) is 0 Å². The Morgan fingerprint density at radius 2 is 2.38 bits per heavy atom. The van der Waals surface area contributed by atoms with E-state index in [1.807, 2.05) is 19.3 Å². The normalized spacial score (nSPS) is 9.75. The predicted octanol–water partition coefficient (Wildman–Crippen LogP) is 2.06. The summed E-state index contributed by atoms with van der Waals surface area (Å²) in [5.41, 5.74) is 2.42. The highest BCUT2D eigenvalue weighted by atomic mass is 35.5. The molecule has 1 rings (SSSR count). The number of hydrogen-bond donors (Lipinski definition) is 1. The molecule has 0 radical (unpaired) electrons. The van der Waals surface area contributed by atoms with Crippen molar-refractivity contribution in [2.45, 2.75) is 12.8 Å². The molecule has 0 aliphatic rings. The van der Waals surface area contributed by atoms with Crippen LogP contribution in [0.3, 0.4) is 0 Å². The van der Waals surface area contributed by atoms with Crippen LogP contribution in [0.1, 0.15) is 11.1 Å². The van der Waals surface area contributed by atoms with Crippen LogP contribution in [0.15, 0.2) is 12.4 Å². The highest BCUT2D eigenvalue weighted by Crippen LogP contribution is 2.07. The van der Waals surface area contributed by atoms with E-state index in [9.17, 15) is 0 Å². The Balaban J connectivity index is 2.92. The predicted molar refractivity (Wildman–Crippen MR) is 35.1 cm³/mol. The van der Waals surface area contributed by atoms with Crippen LogP contribution in [0, 0.1) is 6.92 Å². The zero-order chi connectivity index (χ0) is 5.98. The fourth-order valence-electron chi connectivity index (χ4n) is 0.618. The molecule has 0 aromatic carbocycles. The van der Waals surface area contributed by atoms with Crippen molar-refractivity contribution in [2.75, 3.05) is 0 Å². The summed E-state index contributed by atoms with van der Waals surface area (Å²) in [7, 11) is 0. The van der Waals surface area contributed by atoms with E-state index in [1.54, 1.807) is 0 Å². The number of halogens is 1. The van der Waals surface area contributed by atoms with Gasteiger partial charge in [-0.15, -0.1) is 11.6 Å². The van der Waals surface area contributed by atoms with Crippen LogP contribution in [-0.4, -0.2) is 4.98 Å². The maximum atomic E-state index is 5.55. The lowest BCUT2D eigenvalue weighted by Crippen LogP contribution is -1.72. The Labute approximate surface area is 53.7 Å². The van der Waals surface area contributed by atoms with Crippen molar-refractivity contribution in [3.05, 3.63) is 23.5 Å². The maximum absolute atomic E-state index is 5.55. The van der Waals surface area contributed by atoms with Gasteiger partial charge in [0.1, 0.15) is 0 Å². The van der Waals surface area contributed by atoms with Gasteiger partial charge >= 0.3 is 0 Å². The van der Waals surface area contributed by atoms with Gasteiger partial charge in [-0.3, -0.25) is 0 Å². The highest BCUT2D eigenvalue weighted by molar-refractivity contribution is 6.17. The average Bonchev–Trinajstić information content (AvgIpc) is 2.14. The molecule has 1 aromatic heterocycles. The van der Waals surface area contributed by atoms with Crippen LogP contribution in [0.4, 0.5) is 0 Å². The summed E-state index contributed by atoms with van der Waals surface area (Å²) < 4.78 is 0. The molecule has 44 valence electrons. The standard InChI is InChI=1S/C6H8ClN/c1-5-3-8-4-6(5)2-7/h3-4,8H,2H2,1H3. The van der Waals surface area contributed by atoms with E-state index in [0.717, 1.165) is 0 Å². The number of aromatic amines is 1. The van der Waals surface area contributed by atoms with E-state index >= 15 is 0 Å². The Bertz CT molecular complexity index is 169. The minimum absolute atomic E-state index is 0.606. The molecule has 0 saturated carbocycles. The molecule has 0 spiro atoms. The van der Waals surface area contributed by atoms with Crippen molar-refractivity contribution in [3.63, 3.8) is 0 Å². The Morgan fingerprint density at radius 1 is 1.62 bits per heavy atom. The first-order valence-corrected chi connectivity index (χ1v) is 3.06. The number of H-pyrrole nitrogens is 1. The zero-order valence-corrected chi connectivity index (χ0v) is 5.50. The molecule has 1 aromatic rings. The summed E-state index contributed by atoms with van der Waals surface area (Å²) in [6.07, 6.45) is 3.86. The quantitative estimate of drug-likeness (QED) is 0.559. The van der Waals surface area contributed by atoms with Gasteiger partial charge in [0.05, 0.1) is 0 Å². The second-order valence-corrected chi connectivity index (χ2v) is 2.06. The summed E-state index contributed by atoms with van der Waals surface area (Å²) in [4.78, 5) is 2.96. The minimum Gasteiger partial charge on any atom is -0.367 e. The van der Waals surface area contributed by atoms with Crippen LogP contribution in [0.2, 0.25) is 0 Å². The lowest BCUT2D eigenvalue weighted by atomic mass is 10.2. The lowest BCUT2D eigenvalue weighted by molar-refractivity contribution is 1.35. The molecule has 1 heterocycles. The first-order valence-electron chi connectivity index (χ1n) is 2.53. The summed E-state index contributed by atoms with van der Waals surface area (Å²) in [5, 5.41) is 0. The van der Waals surface area contributed by atoms with Crippen LogP contribution in [0.5, 0.6) is 0 Å². The fourth-order valence-corrected chi connectivity index (χ4v) is 0.906. The third-order valence-corrected chi connectivity index (χ3v) is 1.50. The van der Waals surface area contributed by atoms with Crippen molar-refractivity contribution >= 4 is 11.6 Å². The Hall–Kier alpha value is -0.430. The summed E-state index contributed by atoms with van der Waals surface area (Å²) >= 11 is 5.55. The molecule has 1 nitrogen and oxygen atoms in total. The molecule has 0 aliphatic carbocycles. The molecular formula is C6H8ClN. The van der Waals surface area contributed by atoms with Gasteiger partial charge in [0, 0.05) is 18.3 Å². The van der Waals surface area contributed by atoms with Gasteiger partial charge in [0.15, 0.2) is 0 Å². The van der Waals surface area contributed by atoms with Crippen molar-refractivity contribution in [3.8, 4) is 0 Å². The second kappa shape index (κ2) is 2.23. The van der Waals surface area contributed by atoms with Gasteiger partial charge in [-0.25, -0.2) is 0 Å². The Kier molecular flexibility index (Phi) is 1.59. The van der Waals surface area contributed by atoms with Crippen LogP contribution in [0.25, 0.3) is 0 Å². The van der Waals surface area contributed by atoms with E-state index in [4.69, 9.17) is 11.6 Å². The average molecular weight is 130 g/mol. The van der Waals surface area contributed by atoms with E-state index in [1.165, 1.54) is 11.1 Å². The van der Waals surface area contributed by atoms with E-state index in [2.05, 4.69) is 4.98 Å². The third kappa shape index (κ3) is 0.869. The molecule has 0 bridgehead atoms. The maximum Gasteiger partial charge on any atom is 0.0491 e. The van der Waals surface area contributed by atoms with Crippen LogP contribution in [-0.2, 0) is 5.88 Å². The number of aromatic nitrogens is 1. The molecule has 0 atom stereocenters. The first kappa shape index (κ1) is 5.70. The van der Waals surface area contributed by atoms with Crippen molar-refractivity contribution < 1.29 is 0 Å². The third-order valence-electron chi connectivity index (χ3n) is 1.21. The van der Waals surface area contributed by atoms with E-state index in [0.29, 0.717) is 5.88 Å². The fraction of sp³-hybridized carbons (Fsp3) is 0.333. The van der Waals surface area contributed by atoms with Gasteiger partial charge in [0.2, 0.25) is 0 Å². The van der Waals surface area contributed by atoms with Gasteiger partial charge in [0.25, 0.3) is 0 Å². The zero-order valence-electron chi connectivity index (χ0n) is 4.74. The van der Waals surface area contributed by atoms with Crippen molar-refractivity contribution in [1.82, 2.24) is 4.98 Å². The molecule has 2 heteroatoms. The smallest absolute Gasteiger partial charge is 0.0491 e. The molecule has 0 saturated heterocycles. The summed E-state index contributed by atoms with van der Waals surface area (Å²) in [6.45, 7) is 2.04. The van der Waals surface area contributed by atoms with Crippen LogP contribution < -0.4 is 0 Å². The number of hydrogen-bond acceptors (Lipinski definition) is 0. The number of alkyl halides is 1. The minimum atomic E-state index is 0.606. The monoisotopic (exact) mass is 129 g/mol. The number of nitrogens with one attached hydrogen (secondary N) is 1. The second-order valence-electron chi connectivity index (χ2n) is 1.80. The number of aryl methyl sites for hydroxylation is 1. The van der Waals surface area contributed by atoms with Gasteiger partial charge in [-0.05, 0) is 18.1 Å². The SMILES string of the molecule is Cc1c[nH]cc1CCl. The molecule has 8 heavy (non-hydrogen) atoms. The molecule has 0 fully saturated rings. The summed E-state index contributed by atoms with van der Waals surface area (Å²) in [5.74, 6) is 0.606. The highest BCUT2D eigenvalue weighted by Gasteiger charge is 1.92. The summed E-state index contributed by atoms with van der Waals surface area (Å²) in [6, 6.07) is 0. The number of rotatable bonds is 1. The first-order chi connectivity index (χ1) is 3.84. The van der Waals surface area contributed by atoms with E-state index in [-0.39, 0.29) is 0 Å². The molecule has 0 aliphatic heterocycles. The largest absolute Gasteiger partial charge is 0.367 e. The molecular weight excluding hydrogens is 122 g/mol. The van der Waals surface area contributed by atoms with Gasteiger partial charge in [-0.1, -0.05) is 0 Å². The molecule has 0 unspecified atom stereocenters.